The molecule has 2 heterocycles. The number of hydrogen-bond acceptors (Lipinski definition) is 4. The van der Waals surface area contributed by atoms with Crippen LogP contribution in [-0.2, 0) is 6.54 Å². The van der Waals surface area contributed by atoms with Crippen LogP contribution in [0.15, 0.2) is 6.33 Å². The fraction of sp³-hybridized carbons (Fsp3) is 0.375. The number of nitrogen functional groups attached to an aromatic ring is 1. The Balaban J connectivity index is 2.82. The van der Waals surface area contributed by atoms with E-state index in [0.29, 0.717) is 17.3 Å². The van der Waals surface area contributed by atoms with E-state index in [4.69, 9.17) is 5.73 Å². The van der Waals surface area contributed by atoms with Crippen LogP contribution in [0.4, 0.5) is 5.82 Å². The molecule has 0 spiro atoms. The van der Waals surface area contributed by atoms with E-state index in [9.17, 15) is 0 Å². The fourth-order valence-corrected chi connectivity index (χ4v) is 1.36. The lowest BCUT2D eigenvalue weighted by atomic mass is 10.4. The third kappa shape index (κ3) is 1.12. The van der Waals surface area contributed by atoms with Crippen molar-refractivity contribution in [2.45, 2.75) is 20.4 Å². The maximum atomic E-state index is 5.77. The Hall–Kier alpha value is -1.65. The average molecular weight is 177 g/mol. The molecule has 0 saturated carbocycles. The Morgan fingerprint density at radius 3 is 2.92 bits per heavy atom. The minimum Gasteiger partial charge on any atom is -0.382 e. The van der Waals surface area contributed by atoms with Crippen LogP contribution in [0.5, 0.6) is 0 Å². The van der Waals surface area contributed by atoms with Gasteiger partial charge in [0, 0.05) is 6.54 Å². The van der Waals surface area contributed by atoms with E-state index in [1.165, 1.54) is 0 Å². The van der Waals surface area contributed by atoms with Gasteiger partial charge in [-0.1, -0.05) is 0 Å². The third-order valence-electron chi connectivity index (χ3n) is 1.95. The number of rotatable bonds is 1. The zero-order valence-electron chi connectivity index (χ0n) is 7.65. The maximum absolute atomic E-state index is 5.77. The van der Waals surface area contributed by atoms with Gasteiger partial charge < -0.3 is 10.3 Å². The van der Waals surface area contributed by atoms with Gasteiger partial charge in [-0.2, -0.15) is 0 Å². The molecule has 0 aromatic carbocycles. The van der Waals surface area contributed by atoms with Gasteiger partial charge in [0.1, 0.15) is 11.3 Å². The molecule has 0 fully saturated rings. The molecule has 68 valence electrons. The maximum Gasteiger partial charge on any atom is 0.183 e. The van der Waals surface area contributed by atoms with Gasteiger partial charge in [-0.3, -0.25) is 0 Å². The molecule has 2 rings (SSSR count). The van der Waals surface area contributed by atoms with Crippen molar-refractivity contribution in [2.24, 2.45) is 0 Å². The lowest BCUT2D eigenvalue weighted by Crippen LogP contribution is -2.01. The predicted molar refractivity (Wildman–Crippen MR) is 50.1 cm³/mol. The van der Waals surface area contributed by atoms with Crippen molar-refractivity contribution in [3.8, 4) is 0 Å². The molecule has 0 amide bonds. The number of nitrogens with zero attached hydrogens (tertiary/aromatic N) is 4. The summed E-state index contributed by atoms with van der Waals surface area (Å²) in [7, 11) is 0. The van der Waals surface area contributed by atoms with Gasteiger partial charge in [0.15, 0.2) is 11.5 Å². The van der Waals surface area contributed by atoms with Gasteiger partial charge in [-0.25, -0.2) is 15.0 Å². The zero-order valence-corrected chi connectivity index (χ0v) is 7.65. The Bertz CT molecular complexity index is 445. The molecule has 0 aliphatic heterocycles. The van der Waals surface area contributed by atoms with Gasteiger partial charge in [0.05, 0.1) is 6.33 Å². The summed E-state index contributed by atoms with van der Waals surface area (Å²) in [5, 5.41) is 0. The largest absolute Gasteiger partial charge is 0.382 e. The number of anilines is 1. The molecule has 2 aromatic heterocycles. The molecule has 0 unspecified atom stereocenters. The highest BCUT2D eigenvalue weighted by atomic mass is 15.1. The Morgan fingerprint density at radius 2 is 2.23 bits per heavy atom. The van der Waals surface area contributed by atoms with E-state index in [1.807, 2.05) is 11.5 Å². The summed E-state index contributed by atoms with van der Waals surface area (Å²) >= 11 is 0. The predicted octanol–water partition coefficient (Wildman–Crippen LogP) is 0.737. The minimum absolute atomic E-state index is 0.502. The Kier molecular flexibility index (Phi) is 1.65. The van der Waals surface area contributed by atoms with Crippen molar-refractivity contribution in [2.75, 3.05) is 5.73 Å². The first-order valence-electron chi connectivity index (χ1n) is 4.17. The Morgan fingerprint density at radius 1 is 1.46 bits per heavy atom. The summed E-state index contributed by atoms with van der Waals surface area (Å²) in [5.74, 6) is 1.16. The van der Waals surface area contributed by atoms with E-state index in [-0.39, 0.29) is 0 Å². The first-order valence-corrected chi connectivity index (χ1v) is 4.17. The van der Waals surface area contributed by atoms with Crippen LogP contribution in [0.3, 0.4) is 0 Å². The highest BCUT2D eigenvalue weighted by Crippen LogP contribution is 2.15. The lowest BCUT2D eigenvalue weighted by molar-refractivity contribution is 0.786. The van der Waals surface area contributed by atoms with Crippen molar-refractivity contribution < 1.29 is 0 Å². The first kappa shape index (κ1) is 7.97. The monoisotopic (exact) mass is 177 g/mol. The number of hydrogen-bond donors (Lipinski definition) is 1. The fourth-order valence-electron chi connectivity index (χ4n) is 1.36. The normalized spacial score (nSPS) is 10.9. The van der Waals surface area contributed by atoms with Gasteiger partial charge in [0.2, 0.25) is 0 Å². The molecule has 0 radical (unpaired) electrons. The van der Waals surface area contributed by atoms with Crippen LogP contribution in [0.25, 0.3) is 11.2 Å². The van der Waals surface area contributed by atoms with Crippen molar-refractivity contribution in [1.82, 2.24) is 19.5 Å². The highest BCUT2D eigenvalue weighted by molar-refractivity contribution is 5.81. The van der Waals surface area contributed by atoms with Crippen LogP contribution < -0.4 is 5.73 Å². The Labute approximate surface area is 75.6 Å². The van der Waals surface area contributed by atoms with Gasteiger partial charge in [-0.15, -0.1) is 0 Å². The molecule has 0 aliphatic rings. The van der Waals surface area contributed by atoms with E-state index >= 15 is 0 Å². The number of nitrogens with two attached hydrogens (primary N) is 1. The van der Waals surface area contributed by atoms with Gasteiger partial charge in [0.25, 0.3) is 0 Å². The topological polar surface area (TPSA) is 69.6 Å². The van der Waals surface area contributed by atoms with Crippen LogP contribution in [0, 0.1) is 6.92 Å². The quantitative estimate of drug-likeness (QED) is 0.697. The van der Waals surface area contributed by atoms with E-state index in [2.05, 4.69) is 15.0 Å². The van der Waals surface area contributed by atoms with E-state index in [1.54, 1.807) is 13.3 Å². The SMILES string of the molecule is CCn1cnc2nc(C)nc(N)c21. The summed E-state index contributed by atoms with van der Waals surface area (Å²) in [6.07, 6.45) is 1.73. The summed E-state index contributed by atoms with van der Waals surface area (Å²) in [4.78, 5) is 12.4. The van der Waals surface area contributed by atoms with Crippen molar-refractivity contribution in [3.05, 3.63) is 12.2 Å². The average Bonchev–Trinajstić information content (AvgIpc) is 2.47. The van der Waals surface area contributed by atoms with Crippen molar-refractivity contribution in [3.63, 3.8) is 0 Å². The van der Waals surface area contributed by atoms with E-state index in [0.717, 1.165) is 12.1 Å². The van der Waals surface area contributed by atoms with Crippen molar-refractivity contribution >= 4 is 17.0 Å². The molecular weight excluding hydrogens is 166 g/mol. The molecule has 13 heavy (non-hydrogen) atoms. The smallest absolute Gasteiger partial charge is 0.183 e. The lowest BCUT2D eigenvalue weighted by Gasteiger charge is -2.01. The van der Waals surface area contributed by atoms with Gasteiger partial charge >= 0.3 is 0 Å². The first-order chi connectivity index (χ1) is 6.22. The second kappa shape index (κ2) is 2.69. The molecule has 0 saturated heterocycles. The third-order valence-corrected chi connectivity index (χ3v) is 1.95. The molecule has 2 aromatic rings. The van der Waals surface area contributed by atoms with Crippen molar-refractivity contribution in [1.29, 1.82) is 0 Å². The van der Waals surface area contributed by atoms with Crippen LogP contribution >= 0.6 is 0 Å². The number of imidazole rings is 1. The summed E-state index contributed by atoms with van der Waals surface area (Å²) in [5.41, 5.74) is 7.27. The van der Waals surface area contributed by atoms with Gasteiger partial charge in [-0.05, 0) is 13.8 Å². The standard InChI is InChI=1S/C8H11N5/c1-3-13-4-10-8-6(13)7(9)11-5(2)12-8/h4H,3H2,1-2H3,(H2,9,11,12). The summed E-state index contributed by atoms with van der Waals surface area (Å²) in [6, 6.07) is 0. The van der Waals surface area contributed by atoms with Crippen LogP contribution in [-0.4, -0.2) is 19.5 Å². The second-order valence-electron chi connectivity index (χ2n) is 2.86. The van der Waals surface area contributed by atoms with Crippen LogP contribution in [0.2, 0.25) is 0 Å². The molecule has 5 nitrogen and oxygen atoms in total. The minimum atomic E-state index is 0.502. The van der Waals surface area contributed by atoms with E-state index < -0.39 is 0 Å². The molecule has 5 heteroatoms. The number of fused-ring (bicyclic) bond motifs is 1. The highest BCUT2D eigenvalue weighted by Gasteiger charge is 2.07. The van der Waals surface area contributed by atoms with Crippen LogP contribution in [0.1, 0.15) is 12.7 Å². The summed E-state index contributed by atoms with van der Waals surface area (Å²) in [6.45, 7) is 4.66. The molecule has 2 N–H and O–H groups in total. The second-order valence-corrected chi connectivity index (χ2v) is 2.86. The molecule has 0 atom stereocenters. The molecule has 0 bridgehead atoms. The molecule has 0 aliphatic carbocycles. The molecular formula is C8H11N5. The zero-order chi connectivity index (χ0) is 9.42. The number of aromatic nitrogens is 4. The number of aryl methyl sites for hydroxylation is 2. The summed E-state index contributed by atoms with van der Waals surface area (Å²) < 4.78 is 1.93.